The summed E-state index contributed by atoms with van der Waals surface area (Å²) in [5, 5.41) is 3.39. The first kappa shape index (κ1) is 10.9. The van der Waals surface area contributed by atoms with Gasteiger partial charge in [-0.15, -0.1) is 0 Å². The average molecular weight is 234 g/mol. The van der Waals surface area contributed by atoms with Gasteiger partial charge in [0.15, 0.2) is 0 Å². The lowest BCUT2D eigenvalue weighted by atomic mass is 9.99. The van der Waals surface area contributed by atoms with Crippen molar-refractivity contribution in [3.8, 4) is 5.88 Å². The largest absolute Gasteiger partial charge is 0.477 e. The van der Waals surface area contributed by atoms with Crippen LogP contribution in [0.1, 0.15) is 29.4 Å². The number of aromatic nitrogens is 2. The lowest BCUT2D eigenvalue weighted by Gasteiger charge is -2.13. The zero-order valence-electron chi connectivity index (χ0n) is 9.91. The van der Waals surface area contributed by atoms with Crippen LogP contribution in [-0.2, 0) is 12.8 Å². The summed E-state index contributed by atoms with van der Waals surface area (Å²) in [5.74, 6) is 2.14. The lowest BCUT2D eigenvalue weighted by molar-refractivity contribution is 0.343. The van der Waals surface area contributed by atoms with E-state index < -0.39 is 0 Å². The summed E-state index contributed by atoms with van der Waals surface area (Å²) in [7, 11) is 0. The minimum atomic E-state index is 0.518. The Kier molecular flexibility index (Phi) is 2.94. The minimum absolute atomic E-state index is 0.518. The van der Waals surface area contributed by atoms with E-state index in [9.17, 15) is 0 Å². The normalized spacial score (nSPS) is 22.5. The molecule has 1 aromatic rings. The fourth-order valence-corrected chi connectivity index (χ4v) is 2.60. The van der Waals surface area contributed by atoms with Gasteiger partial charge < -0.3 is 15.8 Å². The number of fused-ring (bicyclic) bond motifs is 1. The Balaban J connectivity index is 1.99. The van der Waals surface area contributed by atoms with E-state index in [1.807, 2.05) is 0 Å². The van der Waals surface area contributed by atoms with E-state index in [1.165, 1.54) is 11.3 Å². The highest BCUT2D eigenvalue weighted by Crippen LogP contribution is 2.32. The second kappa shape index (κ2) is 4.58. The molecule has 0 bridgehead atoms. The molecule has 1 saturated heterocycles. The predicted molar refractivity (Wildman–Crippen MR) is 64.2 cm³/mol. The summed E-state index contributed by atoms with van der Waals surface area (Å²) in [4.78, 5) is 9.15. The molecule has 3 heterocycles. The fourth-order valence-electron chi connectivity index (χ4n) is 2.60. The number of nitrogens with zero attached hydrogens (tertiary/aromatic N) is 2. The number of hydrogen-bond donors (Lipinski definition) is 2. The Hall–Kier alpha value is -1.20. The van der Waals surface area contributed by atoms with Gasteiger partial charge in [-0.1, -0.05) is 0 Å². The molecule has 1 atom stereocenters. The third kappa shape index (κ3) is 2.00. The van der Waals surface area contributed by atoms with E-state index in [2.05, 4.69) is 10.3 Å². The molecular weight excluding hydrogens is 216 g/mol. The molecule has 2 aliphatic rings. The number of nitrogens with one attached hydrogen (secondary N) is 1. The highest BCUT2D eigenvalue weighted by molar-refractivity contribution is 5.37. The average Bonchev–Trinajstić information content (AvgIpc) is 2.99. The highest BCUT2D eigenvalue weighted by Gasteiger charge is 2.27. The molecular formula is C12H18N4O. The van der Waals surface area contributed by atoms with Crippen LogP contribution in [0.4, 0.5) is 0 Å². The van der Waals surface area contributed by atoms with Crippen LogP contribution in [0.5, 0.6) is 5.88 Å². The van der Waals surface area contributed by atoms with Gasteiger partial charge in [0.2, 0.25) is 5.88 Å². The quantitative estimate of drug-likeness (QED) is 0.769. The lowest BCUT2D eigenvalue weighted by Crippen LogP contribution is -2.14. The van der Waals surface area contributed by atoms with Gasteiger partial charge in [0.05, 0.1) is 12.3 Å². The number of ether oxygens (including phenoxy) is 1. The van der Waals surface area contributed by atoms with Gasteiger partial charge in [-0.05, 0) is 19.5 Å². The van der Waals surface area contributed by atoms with E-state index >= 15 is 0 Å². The molecule has 0 aliphatic carbocycles. The van der Waals surface area contributed by atoms with Crippen molar-refractivity contribution >= 4 is 0 Å². The van der Waals surface area contributed by atoms with Crippen molar-refractivity contribution in [2.75, 3.05) is 26.2 Å². The summed E-state index contributed by atoms with van der Waals surface area (Å²) in [6.45, 7) is 3.42. The van der Waals surface area contributed by atoms with Crippen LogP contribution in [0, 0.1) is 0 Å². The van der Waals surface area contributed by atoms with Crippen molar-refractivity contribution in [1.82, 2.24) is 15.3 Å². The van der Waals surface area contributed by atoms with Crippen LogP contribution >= 0.6 is 0 Å². The zero-order chi connectivity index (χ0) is 11.7. The molecule has 0 amide bonds. The van der Waals surface area contributed by atoms with Crippen LogP contribution < -0.4 is 15.8 Å². The van der Waals surface area contributed by atoms with Crippen LogP contribution in [-0.4, -0.2) is 36.2 Å². The third-order valence-electron chi connectivity index (χ3n) is 3.45. The van der Waals surface area contributed by atoms with E-state index in [1.54, 1.807) is 0 Å². The Bertz CT molecular complexity index is 415. The topological polar surface area (TPSA) is 73.1 Å². The summed E-state index contributed by atoms with van der Waals surface area (Å²) in [5.41, 5.74) is 7.99. The standard InChI is InChI=1S/C12H18N4O/c13-4-1-10-15-11(8-2-5-14-7-8)9-3-6-17-12(9)16-10/h8,14H,1-7,13H2. The number of nitrogens with two attached hydrogens (primary N) is 1. The van der Waals surface area contributed by atoms with Crippen molar-refractivity contribution in [2.45, 2.75) is 25.2 Å². The number of hydrogen-bond acceptors (Lipinski definition) is 5. The molecule has 92 valence electrons. The molecule has 0 aromatic carbocycles. The van der Waals surface area contributed by atoms with Crippen molar-refractivity contribution in [2.24, 2.45) is 5.73 Å². The summed E-state index contributed by atoms with van der Waals surface area (Å²) < 4.78 is 5.57. The first-order valence-electron chi connectivity index (χ1n) is 6.31. The van der Waals surface area contributed by atoms with Gasteiger partial charge in [0, 0.05) is 30.9 Å². The molecule has 1 unspecified atom stereocenters. The SMILES string of the molecule is NCCc1nc2c(c(C3CCNC3)n1)CCO2. The Morgan fingerprint density at radius 3 is 3.12 bits per heavy atom. The van der Waals surface area contributed by atoms with Gasteiger partial charge in [0.25, 0.3) is 0 Å². The summed E-state index contributed by atoms with van der Waals surface area (Å²) in [6, 6.07) is 0. The van der Waals surface area contributed by atoms with Crippen molar-refractivity contribution in [3.63, 3.8) is 0 Å². The molecule has 2 aliphatic heterocycles. The van der Waals surface area contributed by atoms with Gasteiger partial charge >= 0.3 is 0 Å². The van der Waals surface area contributed by atoms with E-state index in [0.717, 1.165) is 50.7 Å². The van der Waals surface area contributed by atoms with Crippen molar-refractivity contribution in [1.29, 1.82) is 0 Å². The minimum Gasteiger partial charge on any atom is -0.477 e. The maximum Gasteiger partial charge on any atom is 0.220 e. The third-order valence-corrected chi connectivity index (χ3v) is 3.45. The fraction of sp³-hybridized carbons (Fsp3) is 0.667. The summed E-state index contributed by atoms with van der Waals surface area (Å²) in [6.07, 6.45) is 2.83. The summed E-state index contributed by atoms with van der Waals surface area (Å²) >= 11 is 0. The number of rotatable bonds is 3. The Morgan fingerprint density at radius 2 is 2.35 bits per heavy atom. The van der Waals surface area contributed by atoms with Crippen LogP contribution in [0.15, 0.2) is 0 Å². The smallest absolute Gasteiger partial charge is 0.220 e. The molecule has 1 aromatic heterocycles. The molecule has 3 N–H and O–H groups in total. The van der Waals surface area contributed by atoms with E-state index in [-0.39, 0.29) is 0 Å². The predicted octanol–water partition coefficient (Wildman–Crippen LogP) is -0.0104. The van der Waals surface area contributed by atoms with Crippen molar-refractivity contribution in [3.05, 3.63) is 17.1 Å². The monoisotopic (exact) mass is 234 g/mol. The first-order chi connectivity index (χ1) is 8.38. The van der Waals surface area contributed by atoms with Crippen LogP contribution in [0.3, 0.4) is 0 Å². The van der Waals surface area contributed by atoms with Gasteiger partial charge in [-0.25, -0.2) is 4.98 Å². The Labute approximate surface area is 101 Å². The highest BCUT2D eigenvalue weighted by atomic mass is 16.5. The second-order valence-electron chi connectivity index (χ2n) is 4.64. The van der Waals surface area contributed by atoms with Crippen molar-refractivity contribution < 1.29 is 4.74 Å². The maximum atomic E-state index is 5.58. The molecule has 1 fully saturated rings. The second-order valence-corrected chi connectivity index (χ2v) is 4.64. The molecule has 0 spiro atoms. The Morgan fingerprint density at radius 1 is 1.41 bits per heavy atom. The molecule has 17 heavy (non-hydrogen) atoms. The van der Waals surface area contributed by atoms with Gasteiger partial charge in [-0.3, -0.25) is 0 Å². The van der Waals surface area contributed by atoms with Gasteiger partial charge in [0.1, 0.15) is 5.82 Å². The molecule has 0 saturated carbocycles. The first-order valence-corrected chi connectivity index (χ1v) is 6.31. The molecule has 5 heteroatoms. The van der Waals surface area contributed by atoms with Crippen LogP contribution in [0.25, 0.3) is 0 Å². The van der Waals surface area contributed by atoms with E-state index in [4.69, 9.17) is 15.5 Å². The van der Waals surface area contributed by atoms with Gasteiger partial charge in [-0.2, -0.15) is 4.98 Å². The zero-order valence-corrected chi connectivity index (χ0v) is 9.91. The maximum absolute atomic E-state index is 5.58. The van der Waals surface area contributed by atoms with Crippen LogP contribution in [0.2, 0.25) is 0 Å². The molecule has 0 radical (unpaired) electrons. The molecule has 3 rings (SSSR count). The van der Waals surface area contributed by atoms with E-state index in [0.29, 0.717) is 12.5 Å². The molecule has 5 nitrogen and oxygen atoms in total.